The molecule has 0 radical (unpaired) electrons. The molecule has 0 spiro atoms. The van der Waals surface area contributed by atoms with Crippen LogP contribution in [0.25, 0.3) is 32.3 Å². The van der Waals surface area contributed by atoms with Gasteiger partial charge in [-0.15, -0.1) is 0 Å². The molecule has 0 fully saturated rings. The van der Waals surface area contributed by atoms with Crippen molar-refractivity contribution in [3.8, 4) is 0 Å². The number of unbranched alkanes of at least 4 members (excludes halogenated alkanes) is 1. The zero-order valence-corrected chi connectivity index (χ0v) is 15.2. The fourth-order valence-corrected chi connectivity index (χ4v) is 4.09. The molecule has 0 aliphatic heterocycles. The predicted molar refractivity (Wildman–Crippen MR) is 108 cm³/mol. The van der Waals surface area contributed by atoms with Crippen molar-refractivity contribution in [2.24, 2.45) is 0 Å². The maximum Gasteiger partial charge on any atom is 0.325 e. The van der Waals surface area contributed by atoms with Crippen LogP contribution in [0.2, 0.25) is 0 Å². The number of nitrogens with zero attached hydrogens (tertiary/aromatic N) is 1. The molecule has 26 heavy (non-hydrogen) atoms. The van der Waals surface area contributed by atoms with Crippen molar-refractivity contribution in [3.05, 3.63) is 60.2 Å². The van der Waals surface area contributed by atoms with Crippen LogP contribution >= 0.6 is 0 Å². The van der Waals surface area contributed by atoms with Crippen LogP contribution in [-0.2, 0) is 4.79 Å². The van der Waals surface area contributed by atoms with Crippen LogP contribution in [0.5, 0.6) is 0 Å². The normalized spacial score (nSPS) is 13.2. The first kappa shape index (κ1) is 16.8. The van der Waals surface area contributed by atoms with E-state index in [1.54, 1.807) is 0 Å². The summed E-state index contributed by atoms with van der Waals surface area (Å²) in [6.07, 6.45) is 2.04. The van der Waals surface area contributed by atoms with Gasteiger partial charge >= 0.3 is 5.97 Å². The number of aliphatic carboxylic acids is 1. The van der Waals surface area contributed by atoms with Gasteiger partial charge in [0.15, 0.2) is 0 Å². The lowest BCUT2D eigenvalue weighted by molar-refractivity contribution is -0.143. The van der Waals surface area contributed by atoms with Crippen molar-refractivity contribution in [2.45, 2.75) is 25.8 Å². The standard InChI is InChI=1S/C23H23NO2/c1-3-4-14-24(2)22(23(25)26)19-13-11-17-9-8-15-6-5-7-16-10-12-18(19)21(17)20(15)16/h5-13,22H,3-4,14H2,1-2H3,(H,25,26). The fraction of sp³-hybridized carbons (Fsp3) is 0.261. The van der Waals surface area contributed by atoms with Gasteiger partial charge in [-0.1, -0.05) is 67.9 Å². The summed E-state index contributed by atoms with van der Waals surface area (Å²) in [7, 11) is 1.91. The lowest BCUT2D eigenvalue weighted by atomic mass is 9.89. The third-order valence-electron chi connectivity index (χ3n) is 5.40. The molecule has 3 nitrogen and oxygen atoms in total. The van der Waals surface area contributed by atoms with Crippen molar-refractivity contribution >= 4 is 38.3 Å². The molecule has 0 bridgehead atoms. The quantitative estimate of drug-likeness (QED) is 0.473. The van der Waals surface area contributed by atoms with E-state index in [4.69, 9.17) is 0 Å². The summed E-state index contributed by atoms with van der Waals surface area (Å²) < 4.78 is 0. The Morgan fingerprint density at radius 3 is 2.23 bits per heavy atom. The summed E-state index contributed by atoms with van der Waals surface area (Å²) in [6.45, 7) is 2.90. The molecule has 0 saturated heterocycles. The maximum atomic E-state index is 12.1. The van der Waals surface area contributed by atoms with Crippen LogP contribution in [-0.4, -0.2) is 29.6 Å². The molecule has 4 aromatic rings. The molecule has 4 aromatic carbocycles. The van der Waals surface area contributed by atoms with Gasteiger partial charge in [0.05, 0.1) is 0 Å². The summed E-state index contributed by atoms with van der Waals surface area (Å²) in [6, 6.07) is 18.2. The fourth-order valence-electron chi connectivity index (χ4n) is 4.09. The maximum absolute atomic E-state index is 12.1. The highest BCUT2D eigenvalue weighted by Gasteiger charge is 2.26. The summed E-state index contributed by atoms with van der Waals surface area (Å²) in [5.41, 5.74) is 0.877. The Labute approximate surface area is 153 Å². The Balaban J connectivity index is 1.98. The first-order valence-corrected chi connectivity index (χ1v) is 9.21. The summed E-state index contributed by atoms with van der Waals surface area (Å²) in [5, 5.41) is 17.0. The van der Waals surface area contributed by atoms with E-state index in [1.165, 1.54) is 21.5 Å². The van der Waals surface area contributed by atoms with E-state index in [9.17, 15) is 9.90 Å². The van der Waals surface area contributed by atoms with E-state index in [2.05, 4.69) is 55.5 Å². The third-order valence-corrected chi connectivity index (χ3v) is 5.40. The van der Waals surface area contributed by atoms with Gasteiger partial charge in [-0.05, 0) is 57.9 Å². The minimum absolute atomic E-state index is 0.633. The zero-order chi connectivity index (χ0) is 18.3. The number of benzene rings is 4. The zero-order valence-electron chi connectivity index (χ0n) is 15.2. The molecule has 132 valence electrons. The Morgan fingerprint density at radius 2 is 1.58 bits per heavy atom. The SMILES string of the molecule is CCCCN(C)C(C(=O)O)c1ccc2ccc3cccc4ccc1c2c34. The Bertz CT molecular complexity index is 1070. The second-order valence-electron chi connectivity index (χ2n) is 7.09. The van der Waals surface area contributed by atoms with Gasteiger partial charge in [-0.2, -0.15) is 0 Å². The molecule has 0 amide bonds. The molecule has 1 unspecified atom stereocenters. The van der Waals surface area contributed by atoms with E-state index in [-0.39, 0.29) is 0 Å². The topological polar surface area (TPSA) is 40.5 Å². The van der Waals surface area contributed by atoms with Crippen LogP contribution in [0.15, 0.2) is 54.6 Å². The van der Waals surface area contributed by atoms with Gasteiger partial charge in [0.2, 0.25) is 0 Å². The van der Waals surface area contributed by atoms with Crippen molar-refractivity contribution in [1.82, 2.24) is 4.90 Å². The number of likely N-dealkylation sites (N-methyl/N-ethyl adjacent to an activating group) is 1. The average Bonchev–Trinajstić information content (AvgIpc) is 2.65. The second kappa shape index (κ2) is 6.58. The third kappa shape index (κ3) is 2.60. The lowest BCUT2D eigenvalue weighted by Crippen LogP contribution is -2.31. The largest absolute Gasteiger partial charge is 0.480 e. The van der Waals surface area contributed by atoms with Gasteiger partial charge in [-0.3, -0.25) is 9.69 Å². The molecule has 1 N–H and O–H groups in total. The molecule has 0 aliphatic rings. The predicted octanol–water partition coefficient (Wildman–Crippen LogP) is 5.44. The van der Waals surface area contributed by atoms with Crippen LogP contribution in [0.3, 0.4) is 0 Å². The molecule has 1 atom stereocenters. The summed E-state index contributed by atoms with van der Waals surface area (Å²) in [4.78, 5) is 14.1. The molecular formula is C23H23NO2. The van der Waals surface area contributed by atoms with Crippen molar-refractivity contribution in [1.29, 1.82) is 0 Å². The van der Waals surface area contributed by atoms with E-state index in [0.29, 0.717) is 0 Å². The molecule has 0 aliphatic carbocycles. The summed E-state index contributed by atoms with van der Waals surface area (Å²) in [5.74, 6) is -0.793. The smallest absolute Gasteiger partial charge is 0.325 e. The Kier molecular flexibility index (Phi) is 4.25. The van der Waals surface area contributed by atoms with Gasteiger partial charge in [-0.25, -0.2) is 0 Å². The van der Waals surface area contributed by atoms with E-state index < -0.39 is 12.0 Å². The summed E-state index contributed by atoms with van der Waals surface area (Å²) >= 11 is 0. The van der Waals surface area contributed by atoms with Crippen molar-refractivity contribution in [3.63, 3.8) is 0 Å². The second-order valence-corrected chi connectivity index (χ2v) is 7.09. The van der Waals surface area contributed by atoms with E-state index >= 15 is 0 Å². The van der Waals surface area contributed by atoms with Crippen LogP contribution in [0.4, 0.5) is 0 Å². The Morgan fingerprint density at radius 1 is 0.962 bits per heavy atom. The van der Waals surface area contributed by atoms with E-state index in [0.717, 1.165) is 35.7 Å². The average molecular weight is 345 g/mol. The number of carboxylic acids is 1. The number of rotatable bonds is 6. The number of hydrogen-bond acceptors (Lipinski definition) is 2. The van der Waals surface area contributed by atoms with E-state index in [1.807, 2.05) is 18.0 Å². The highest BCUT2D eigenvalue weighted by molar-refractivity contribution is 6.23. The first-order chi connectivity index (χ1) is 12.6. The van der Waals surface area contributed by atoms with Gasteiger partial charge < -0.3 is 5.11 Å². The molecule has 0 saturated carbocycles. The lowest BCUT2D eigenvalue weighted by Gasteiger charge is -2.26. The number of hydrogen-bond donors (Lipinski definition) is 1. The minimum atomic E-state index is -0.793. The van der Waals surface area contributed by atoms with Crippen molar-refractivity contribution < 1.29 is 9.90 Å². The number of carboxylic acid groups (broad SMARTS) is 1. The molecule has 0 aromatic heterocycles. The highest BCUT2D eigenvalue weighted by Crippen LogP contribution is 2.38. The minimum Gasteiger partial charge on any atom is -0.480 e. The molecular weight excluding hydrogens is 322 g/mol. The molecule has 0 heterocycles. The van der Waals surface area contributed by atoms with Gasteiger partial charge in [0.25, 0.3) is 0 Å². The first-order valence-electron chi connectivity index (χ1n) is 9.21. The van der Waals surface area contributed by atoms with Gasteiger partial charge in [0.1, 0.15) is 6.04 Å². The van der Waals surface area contributed by atoms with Crippen LogP contribution < -0.4 is 0 Å². The monoisotopic (exact) mass is 345 g/mol. The van der Waals surface area contributed by atoms with Gasteiger partial charge in [0, 0.05) is 0 Å². The molecule has 3 heteroatoms. The molecule has 4 rings (SSSR count). The highest BCUT2D eigenvalue weighted by atomic mass is 16.4. The van der Waals surface area contributed by atoms with Crippen LogP contribution in [0.1, 0.15) is 31.4 Å². The Hall–Kier alpha value is -2.65. The number of carbonyl (C=O) groups is 1. The van der Waals surface area contributed by atoms with Crippen LogP contribution in [0, 0.1) is 0 Å². The van der Waals surface area contributed by atoms with Crippen molar-refractivity contribution in [2.75, 3.05) is 13.6 Å².